The Balaban J connectivity index is 2.16. The Labute approximate surface area is 121 Å². The van der Waals surface area contributed by atoms with Gasteiger partial charge in [-0.3, -0.25) is 9.69 Å². The molecule has 2 rings (SSSR count). The van der Waals surface area contributed by atoms with E-state index in [0.29, 0.717) is 12.1 Å². The summed E-state index contributed by atoms with van der Waals surface area (Å²) in [4.78, 5) is 14.9. The summed E-state index contributed by atoms with van der Waals surface area (Å²) in [7, 11) is 1.66. The molecule has 3 nitrogen and oxygen atoms in total. The zero-order chi connectivity index (χ0) is 14.9. The highest BCUT2D eigenvalue weighted by Crippen LogP contribution is 2.31. The summed E-state index contributed by atoms with van der Waals surface area (Å²) in [6.45, 7) is 9.60. The quantitative estimate of drug-likeness (QED) is 0.826. The molecule has 0 radical (unpaired) electrons. The third-order valence-corrected chi connectivity index (χ3v) is 4.17. The van der Waals surface area contributed by atoms with Crippen LogP contribution < -0.4 is 4.74 Å². The second-order valence-corrected chi connectivity index (χ2v) is 6.17. The summed E-state index contributed by atoms with van der Waals surface area (Å²) in [5, 5.41) is 0. The highest BCUT2D eigenvalue weighted by Gasteiger charge is 2.33. The standard InChI is InChI=1S/C17H25NO2/c1-11(2)18(12(3)4)10-14-8-13-9-15(20-5)6-7-16(13)17(14)19/h6-7,9,11-12,14H,8,10H2,1-5H3. The van der Waals surface area contributed by atoms with E-state index in [1.165, 1.54) is 0 Å². The predicted octanol–water partition coefficient (Wildman–Crippen LogP) is 3.17. The van der Waals surface area contributed by atoms with Crippen LogP contribution in [0.5, 0.6) is 5.75 Å². The lowest BCUT2D eigenvalue weighted by atomic mass is 10.0. The van der Waals surface area contributed by atoms with Gasteiger partial charge in [0.1, 0.15) is 5.75 Å². The van der Waals surface area contributed by atoms with Crippen LogP contribution in [0, 0.1) is 5.92 Å². The van der Waals surface area contributed by atoms with E-state index in [1.807, 2.05) is 18.2 Å². The minimum atomic E-state index is 0.0851. The maximum atomic E-state index is 12.5. The number of carbonyl (C=O) groups is 1. The van der Waals surface area contributed by atoms with Crippen LogP contribution in [0.1, 0.15) is 43.6 Å². The number of carbonyl (C=O) groups excluding carboxylic acids is 1. The molecule has 0 aliphatic heterocycles. The molecule has 0 saturated heterocycles. The fraction of sp³-hybridized carbons (Fsp3) is 0.588. The van der Waals surface area contributed by atoms with Crippen LogP contribution >= 0.6 is 0 Å². The predicted molar refractivity (Wildman–Crippen MR) is 81.5 cm³/mol. The summed E-state index contributed by atoms with van der Waals surface area (Å²) >= 11 is 0. The van der Waals surface area contributed by atoms with Crippen LogP contribution in [0.3, 0.4) is 0 Å². The number of ether oxygens (including phenoxy) is 1. The fourth-order valence-corrected chi connectivity index (χ4v) is 3.10. The van der Waals surface area contributed by atoms with Crippen molar-refractivity contribution in [3.8, 4) is 5.75 Å². The van der Waals surface area contributed by atoms with Crippen molar-refractivity contribution in [3.63, 3.8) is 0 Å². The smallest absolute Gasteiger partial charge is 0.167 e. The Morgan fingerprint density at radius 1 is 1.25 bits per heavy atom. The van der Waals surface area contributed by atoms with Gasteiger partial charge in [0, 0.05) is 30.1 Å². The molecule has 0 saturated carbocycles. The van der Waals surface area contributed by atoms with Crippen LogP contribution in [-0.2, 0) is 6.42 Å². The van der Waals surface area contributed by atoms with E-state index in [9.17, 15) is 4.79 Å². The Morgan fingerprint density at radius 2 is 1.90 bits per heavy atom. The number of ketones is 1. The van der Waals surface area contributed by atoms with Gasteiger partial charge in [0.15, 0.2) is 5.78 Å². The molecule has 0 bridgehead atoms. The first-order chi connectivity index (χ1) is 9.43. The molecule has 0 spiro atoms. The molecular weight excluding hydrogens is 250 g/mol. The molecule has 1 atom stereocenters. The van der Waals surface area contributed by atoms with Crippen molar-refractivity contribution >= 4 is 5.78 Å². The molecule has 0 fully saturated rings. The Bertz CT molecular complexity index is 486. The molecule has 1 aromatic rings. The van der Waals surface area contributed by atoms with Gasteiger partial charge in [-0.2, -0.15) is 0 Å². The maximum Gasteiger partial charge on any atom is 0.167 e. The first kappa shape index (κ1) is 15.0. The number of rotatable bonds is 5. The van der Waals surface area contributed by atoms with Crippen LogP contribution in [0.25, 0.3) is 0 Å². The van der Waals surface area contributed by atoms with Gasteiger partial charge in [-0.25, -0.2) is 0 Å². The molecule has 0 heterocycles. The first-order valence-electron chi connectivity index (χ1n) is 7.41. The third kappa shape index (κ3) is 2.88. The Kier molecular flexibility index (Phi) is 4.48. The van der Waals surface area contributed by atoms with E-state index >= 15 is 0 Å². The van der Waals surface area contributed by atoms with Crippen molar-refractivity contribution in [2.75, 3.05) is 13.7 Å². The first-order valence-corrected chi connectivity index (χ1v) is 7.41. The topological polar surface area (TPSA) is 29.5 Å². The molecule has 1 aliphatic rings. The lowest BCUT2D eigenvalue weighted by Crippen LogP contribution is -2.41. The number of nitrogens with zero attached hydrogens (tertiary/aromatic N) is 1. The molecule has 110 valence electrons. The molecular formula is C17H25NO2. The van der Waals surface area contributed by atoms with Crippen molar-refractivity contribution in [1.29, 1.82) is 0 Å². The highest BCUT2D eigenvalue weighted by atomic mass is 16.5. The number of methoxy groups -OCH3 is 1. The second kappa shape index (κ2) is 5.96. The summed E-state index contributed by atoms with van der Waals surface area (Å²) in [6.07, 6.45) is 0.835. The fourth-order valence-electron chi connectivity index (χ4n) is 3.10. The molecule has 3 heteroatoms. The lowest BCUT2D eigenvalue weighted by molar-refractivity contribution is 0.0852. The van der Waals surface area contributed by atoms with E-state index < -0.39 is 0 Å². The monoisotopic (exact) mass is 275 g/mol. The third-order valence-electron chi connectivity index (χ3n) is 4.17. The number of hydrogen-bond donors (Lipinski definition) is 0. The van der Waals surface area contributed by atoms with Gasteiger partial charge >= 0.3 is 0 Å². The van der Waals surface area contributed by atoms with E-state index in [1.54, 1.807) is 7.11 Å². The van der Waals surface area contributed by atoms with Gasteiger partial charge in [-0.1, -0.05) is 0 Å². The van der Waals surface area contributed by atoms with Crippen molar-refractivity contribution in [2.24, 2.45) is 5.92 Å². The zero-order valence-electron chi connectivity index (χ0n) is 13.1. The maximum absolute atomic E-state index is 12.5. The van der Waals surface area contributed by atoms with Gasteiger partial charge in [-0.05, 0) is 57.9 Å². The molecule has 1 unspecified atom stereocenters. The Hall–Kier alpha value is -1.35. The van der Waals surface area contributed by atoms with Crippen molar-refractivity contribution in [1.82, 2.24) is 4.90 Å². The van der Waals surface area contributed by atoms with Gasteiger partial charge in [0.25, 0.3) is 0 Å². The van der Waals surface area contributed by atoms with E-state index in [4.69, 9.17) is 4.74 Å². The van der Waals surface area contributed by atoms with Crippen molar-refractivity contribution in [2.45, 2.75) is 46.2 Å². The summed E-state index contributed by atoms with van der Waals surface area (Å²) in [5.74, 6) is 1.21. The van der Waals surface area contributed by atoms with Crippen LogP contribution in [-0.4, -0.2) is 36.4 Å². The molecule has 1 aromatic carbocycles. The van der Waals surface area contributed by atoms with Crippen molar-refractivity contribution < 1.29 is 9.53 Å². The zero-order valence-corrected chi connectivity index (χ0v) is 13.1. The molecule has 0 amide bonds. The molecule has 0 N–H and O–H groups in total. The van der Waals surface area contributed by atoms with E-state index in [0.717, 1.165) is 29.8 Å². The number of fused-ring (bicyclic) bond motifs is 1. The van der Waals surface area contributed by atoms with Crippen LogP contribution in [0.4, 0.5) is 0 Å². The lowest BCUT2D eigenvalue weighted by Gasteiger charge is -2.32. The van der Waals surface area contributed by atoms with E-state index in [2.05, 4.69) is 32.6 Å². The minimum Gasteiger partial charge on any atom is -0.497 e. The largest absolute Gasteiger partial charge is 0.497 e. The molecule has 0 aromatic heterocycles. The van der Waals surface area contributed by atoms with Gasteiger partial charge < -0.3 is 4.74 Å². The Morgan fingerprint density at radius 3 is 2.45 bits per heavy atom. The SMILES string of the molecule is COc1ccc2c(c1)CC(CN(C(C)C)C(C)C)C2=O. The molecule has 20 heavy (non-hydrogen) atoms. The normalized spacial score (nSPS) is 18.2. The average Bonchev–Trinajstić information content (AvgIpc) is 2.71. The number of Topliss-reactive ketones (excluding diaryl/α,β-unsaturated/α-hetero) is 1. The van der Waals surface area contributed by atoms with Gasteiger partial charge in [0.05, 0.1) is 7.11 Å². The second-order valence-electron chi connectivity index (χ2n) is 6.17. The van der Waals surface area contributed by atoms with Gasteiger partial charge in [-0.15, -0.1) is 0 Å². The van der Waals surface area contributed by atoms with Crippen LogP contribution in [0.2, 0.25) is 0 Å². The van der Waals surface area contributed by atoms with Crippen molar-refractivity contribution in [3.05, 3.63) is 29.3 Å². The van der Waals surface area contributed by atoms with Crippen LogP contribution in [0.15, 0.2) is 18.2 Å². The summed E-state index contributed by atoms with van der Waals surface area (Å²) in [6, 6.07) is 6.71. The molecule has 1 aliphatic carbocycles. The van der Waals surface area contributed by atoms with E-state index in [-0.39, 0.29) is 11.7 Å². The summed E-state index contributed by atoms with van der Waals surface area (Å²) < 4.78 is 5.25. The number of hydrogen-bond acceptors (Lipinski definition) is 3. The summed E-state index contributed by atoms with van der Waals surface area (Å²) in [5.41, 5.74) is 2.01. The average molecular weight is 275 g/mol. The highest BCUT2D eigenvalue weighted by molar-refractivity contribution is 6.02. The van der Waals surface area contributed by atoms with Gasteiger partial charge in [0.2, 0.25) is 0 Å². The number of benzene rings is 1. The minimum absolute atomic E-state index is 0.0851.